The van der Waals surface area contributed by atoms with Crippen molar-refractivity contribution in [3.05, 3.63) is 11.1 Å². The van der Waals surface area contributed by atoms with Crippen LogP contribution in [0.25, 0.3) is 0 Å². The van der Waals surface area contributed by atoms with Gasteiger partial charge in [-0.1, -0.05) is 0 Å². The molecule has 0 bridgehead atoms. The highest BCUT2D eigenvalue weighted by Gasteiger charge is 2.15. The molecular weight excluding hydrogens is 280 g/mol. The van der Waals surface area contributed by atoms with Crippen molar-refractivity contribution in [3.63, 3.8) is 0 Å². The predicted octanol–water partition coefficient (Wildman–Crippen LogP) is 2.95. The highest BCUT2D eigenvalue weighted by Crippen LogP contribution is 2.23. The first-order valence-electron chi connectivity index (χ1n) is 6.72. The van der Waals surface area contributed by atoms with Crippen molar-refractivity contribution in [3.8, 4) is 0 Å². The average Bonchev–Trinajstić information content (AvgIpc) is 2.86. The zero-order valence-corrected chi connectivity index (χ0v) is 12.8. The van der Waals surface area contributed by atoms with Crippen LogP contribution in [0.15, 0.2) is 5.38 Å². The van der Waals surface area contributed by atoms with Gasteiger partial charge in [-0.25, -0.2) is 4.98 Å². The minimum absolute atomic E-state index is 0.144. The van der Waals surface area contributed by atoms with Gasteiger partial charge in [-0.3, -0.25) is 4.79 Å². The number of hydrogen-bond donors (Lipinski definition) is 1. The van der Waals surface area contributed by atoms with Crippen molar-refractivity contribution in [2.45, 2.75) is 38.6 Å². The quantitative estimate of drug-likeness (QED) is 0.819. The van der Waals surface area contributed by atoms with Crippen LogP contribution in [0, 0.1) is 0 Å². The van der Waals surface area contributed by atoms with Crippen molar-refractivity contribution in [1.82, 2.24) is 4.98 Å². The summed E-state index contributed by atoms with van der Waals surface area (Å²) < 4.78 is 4.91. The maximum absolute atomic E-state index is 11.3. The number of hydrogen-bond acceptors (Lipinski definition) is 6. The molecule has 1 N–H and O–H groups in total. The zero-order valence-electron chi connectivity index (χ0n) is 11.2. The number of thiazole rings is 1. The second-order valence-corrected chi connectivity index (χ2v) is 6.56. The number of thioether (sulfide) groups is 1. The normalized spacial score (nSPS) is 16.3. The van der Waals surface area contributed by atoms with E-state index in [1.165, 1.54) is 24.3 Å². The van der Waals surface area contributed by atoms with Crippen molar-refractivity contribution < 1.29 is 9.53 Å². The molecule has 1 aromatic heterocycles. The fraction of sp³-hybridized carbons (Fsp3) is 0.692. The molecule has 1 saturated heterocycles. The number of carbonyl (C=O) groups is 1. The van der Waals surface area contributed by atoms with E-state index in [1.54, 1.807) is 11.3 Å². The molecule has 2 heterocycles. The smallest absolute Gasteiger partial charge is 0.306 e. The first-order valence-corrected chi connectivity index (χ1v) is 8.75. The van der Waals surface area contributed by atoms with Crippen LogP contribution in [0.1, 0.15) is 31.9 Å². The monoisotopic (exact) mass is 300 g/mol. The molecule has 0 spiro atoms. The summed E-state index contributed by atoms with van der Waals surface area (Å²) in [4.78, 5) is 15.8. The van der Waals surface area contributed by atoms with E-state index in [2.05, 4.69) is 10.3 Å². The second kappa shape index (κ2) is 7.75. The highest BCUT2D eigenvalue weighted by atomic mass is 32.2. The van der Waals surface area contributed by atoms with Gasteiger partial charge in [-0.2, -0.15) is 11.8 Å². The molecule has 2 rings (SSSR count). The molecule has 0 saturated carbocycles. The summed E-state index contributed by atoms with van der Waals surface area (Å²) in [6.45, 7) is 2.27. The fourth-order valence-electron chi connectivity index (χ4n) is 1.97. The van der Waals surface area contributed by atoms with Gasteiger partial charge in [-0.15, -0.1) is 11.3 Å². The number of rotatable bonds is 6. The van der Waals surface area contributed by atoms with Gasteiger partial charge in [0.25, 0.3) is 0 Å². The van der Waals surface area contributed by atoms with E-state index in [-0.39, 0.29) is 5.97 Å². The lowest BCUT2D eigenvalue weighted by molar-refractivity contribution is -0.143. The third-order valence-corrected chi connectivity index (χ3v) is 4.86. The van der Waals surface area contributed by atoms with Gasteiger partial charge in [-0.05, 0) is 31.3 Å². The van der Waals surface area contributed by atoms with Gasteiger partial charge >= 0.3 is 5.97 Å². The van der Waals surface area contributed by atoms with Gasteiger partial charge in [0.2, 0.25) is 0 Å². The van der Waals surface area contributed by atoms with Crippen LogP contribution in [0.4, 0.5) is 5.13 Å². The summed E-state index contributed by atoms with van der Waals surface area (Å²) in [6, 6.07) is 0.560. The molecule has 19 heavy (non-hydrogen) atoms. The average molecular weight is 300 g/mol. The number of aryl methyl sites for hydroxylation is 1. The Balaban J connectivity index is 1.76. The van der Waals surface area contributed by atoms with E-state index in [0.29, 0.717) is 25.5 Å². The van der Waals surface area contributed by atoms with Crippen LogP contribution < -0.4 is 5.32 Å². The van der Waals surface area contributed by atoms with E-state index in [9.17, 15) is 4.79 Å². The molecule has 0 atom stereocenters. The topological polar surface area (TPSA) is 51.2 Å². The number of esters is 1. The standard InChI is InChI=1S/C13H20N2O2S2/c1-2-17-12(16)4-3-11-9-19-13(15-11)14-10-5-7-18-8-6-10/h9-10H,2-8H2,1H3,(H,14,15). The molecule has 0 aliphatic carbocycles. The lowest BCUT2D eigenvalue weighted by Gasteiger charge is -2.21. The maximum Gasteiger partial charge on any atom is 0.306 e. The molecule has 1 aromatic rings. The fourth-order valence-corrected chi connectivity index (χ4v) is 3.90. The summed E-state index contributed by atoms with van der Waals surface area (Å²) >= 11 is 3.65. The minimum Gasteiger partial charge on any atom is -0.466 e. The molecule has 0 unspecified atom stereocenters. The summed E-state index contributed by atoms with van der Waals surface area (Å²) in [5.41, 5.74) is 0.978. The Morgan fingerprint density at radius 2 is 2.32 bits per heavy atom. The maximum atomic E-state index is 11.3. The van der Waals surface area contributed by atoms with E-state index in [4.69, 9.17) is 4.74 Å². The number of ether oxygens (including phenoxy) is 1. The summed E-state index contributed by atoms with van der Waals surface area (Å²) in [5, 5.41) is 6.50. The number of carbonyl (C=O) groups excluding carboxylic acids is 1. The van der Waals surface area contributed by atoms with Gasteiger partial charge < -0.3 is 10.1 Å². The largest absolute Gasteiger partial charge is 0.466 e. The zero-order chi connectivity index (χ0) is 13.5. The lowest BCUT2D eigenvalue weighted by Crippen LogP contribution is -2.24. The van der Waals surface area contributed by atoms with E-state index in [0.717, 1.165) is 10.8 Å². The SMILES string of the molecule is CCOC(=O)CCc1csc(NC2CCSCC2)n1. The van der Waals surface area contributed by atoms with Gasteiger partial charge in [0.1, 0.15) is 0 Å². The van der Waals surface area contributed by atoms with Crippen LogP contribution >= 0.6 is 23.1 Å². The Morgan fingerprint density at radius 3 is 3.05 bits per heavy atom. The van der Waals surface area contributed by atoms with Crippen molar-refractivity contribution in [2.24, 2.45) is 0 Å². The van der Waals surface area contributed by atoms with Crippen molar-refractivity contribution >= 4 is 34.2 Å². The number of nitrogens with zero attached hydrogens (tertiary/aromatic N) is 1. The Hall–Kier alpha value is -0.750. The first kappa shape index (κ1) is 14.7. The predicted molar refractivity (Wildman–Crippen MR) is 81.0 cm³/mol. The minimum atomic E-state index is -0.144. The number of aromatic nitrogens is 1. The summed E-state index contributed by atoms with van der Waals surface area (Å²) in [6.07, 6.45) is 3.50. The molecular formula is C13H20N2O2S2. The van der Waals surface area contributed by atoms with E-state index >= 15 is 0 Å². The van der Waals surface area contributed by atoms with E-state index in [1.807, 2.05) is 24.1 Å². The third-order valence-electron chi connectivity index (χ3n) is 2.99. The molecule has 1 fully saturated rings. The number of nitrogens with one attached hydrogen (secondary N) is 1. The van der Waals surface area contributed by atoms with Gasteiger partial charge in [0.05, 0.1) is 18.7 Å². The highest BCUT2D eigenvalue weighted by molar-refractivity contribution is 7.99. The van der Waals surface area contributed by atoms with Crippen molar-refractivity contribution in [1.29, 1.82) is 0 Å². The molecule has 1 aliphatic heterocycles. The number of anilines is 1. The molecule has 106 valence electrons. The summed E-state index contributed by atoms with van der Waals surface area (Å²) in [7, 11) is 0. The molecule has 0 radical (unpaired) electrons. The molecule has 0 amide bonds. The van der Waals surface area contributed by atoms with Gasteiger partial charge in [0, 0.05) is 17.8 Å². The Bertz CT molecular complexity index is 403. The Labute approximate surface area is 122 Å². The van der Waals surface area contributed by atoms with Crippen LogP contribution in [-0.2, 0) is 16.0 Å². The molecule has 0 aromatic carbocycles. The third kappa shape index (κ3) is 5.03. The van der Waals surface area contributed by atoms with Crippen LogP contribution in [0.2, 0.25) is 0 Å². The molecule has 4 nitrogen and oxygen atoms in total. The second-order valence-electron chi connectivity index (χ2n) is 4.48. The molecule has 1 aliphatic rings. The van der Waals surface area contributed by atoms with Crippen molar-refractivity contribution in [2.75, 3.05) is 23.4 Å². The van der Waals surface area contributed by atoms with Crippen LogP contribution in [-0.4, -0.2) is 35.1 Å². The van der Waals surface area contributed by atoms with Gasteiger partial charge in [0.15, 0.2) is 5.13 Å². The van der Waals surface area contributed by atoms with Crippen LogP contribution in [0.3, 0.4) is 0 Å². The first-order chi connectivity index (χ1) is 9.28. The van der Waals surface area contributed by atoms with E-state index < -0.39 is 0 Å². The summed E-state index contributed by atoms with van der Waals surface area (Å²) in [5.74, 6) is 2.33. The Kier molecular flexibility index (Phi) is 5.97. The van der Waals surface area contributed by atoms with Crippen LogP contribution in [0.5, 0.6) is 0 Å². The molecule has 6 heteroatoms. The Morgan fingerprint density at radius 1 is 1.53 bits per heavy atom. The lowest BCUT2D eigenvalue weighted by atomic mass is 10.2.